The summed E-state index contributed by atoms with van der Waals surface area (Å²) in [5, 5.41) is 7.17. The van der Waals surface area contributed by atoms with Crippen molar-refractivity contribution in [2.75, 3.05) is 10.6 Å². The second-order valence-corrected chi connectivity index (χ2v) is 7.17. The zero-order chi connectivity index (χ0) is 18.5. The van der Waals surface area contributed by atoms with E-state index < -0.39 is 6.04 Å². The van der Waals surface area contributed by atoms with Crippen molar-refractivity contribution in [1.82, 2.24) is 15.8 Å². The Hall–Kier alpha value is -2.71. The highest BCUT2D eigenvalue weighted by molar-refractivity contribution is 7.80. The number of carbonyl (C=O) groups excluding carboxylic acids is 1. The molecule has 3 aromatic rings. The van der Waals surface area contributed by atoms with Crippen molar-refractivity contribution < 1.29 is 4.79 Å². The zero-order valence-electron chi connectivity index (χ0n) is 14.4. The van der Waals surface area contributed by atoms with E-state index in [9.17, 15) is 4.79 Å². The van der Waals surface area contributed by atoms with Crippen LogP contribution in [0.4, 0.5) is 10.8 Å². The van der Waals surface area contributed by atoms with Crippen LogP contribution in [0.3, 0.4) is 0 Å². The Kier molecular flexibility index (Phi) is 5.65. The molecule has 0 aliphatic rings. The van der Waals surface area contributed by atoms with Gasteiger partial charge in [0.15, 0.2) is 10.2 Å². The third-order valence-electron chi connectivity index (χ3n) is 3.72. The molecule has 0 aliphatic carbocycles. The lowest BCUT2D eigenvalue weighted by Gasteiger charge is -2.16. The van der Waals surface area contributed by atoms with Crippen molar-refractivity contribution in [2.24, 2.45) is 0 Å². The van der Waals surface area contributed by atoms with Gasteiger partial charge in [-0.1, -0.05) is 41.7 Å². The van der Waals surface area contributed by atoms with E-state index in [1.165, 1.54) is 11.3 Å². The van der Waals surface area contributed by atoms with E-state index in [1.54, 1.807) is 6.92 Å². The Morgan fingerprint density at radius 3 is 2.62 bits per heavy atom. The minimum atomic E-state index is -0.468. The highest BCUT2D eigenvalue weighted by atomic mass is 32.1. The van der Waals surface area contributed by atoms with Gasteiger partial charge in [0.1, 0.15) is 6.04 Å². The first-order valence-electron chi connectivity index (χ1n) is 8.07. The van der Waals surface area contributed by atoms with E-state index in [-0.39, 0.29) is 5.91 Å². The molecule has 1 amide bonds. The van der Waals surface area contributed by atoms with Crippen LogP contribution in [0, 0.1) is 6.92 Å². The first-order valence-corrected chi connectivity index (χ1v) is 9.30. The van der Waals surface area contributed by atoms with Crippen LogP contribution in [0.15, 0.2) is 48.5 Å². The van der Waals surface area contributed by atoms with Gasteiger partial charge < -0.3 is 10.6 Å². The number of anilines is 2. The summed E-state index contributed by atoms with van der Waals surface area (Å²) in [5.41, 5.74) is 8.18. The molecule has 134 valence electrons. The smallest absolute Gasteiger partial charge is 0.260 e. The molecule has 4 N–H and O–H groups in total. The molecule has 0 aliphatic heterocycles. The fourth-order valence-electron chi connectivity index (χ4n) is 2.28. The second kappa shape index (κ2) is 8.11. The predicted octanol–water partition coefficient (Wildman–Crippen LogP) is 3.42. The maximum atomic E-state index is 12.2. The molecule has 1 atom stereocenters. The van der Waals surface area contributed by atoms with Crippen LogP contribution in [-0.2, 0) is 4.79 Å². The molecular formula is C18H19N5OS2. The van der Waals surface area contributed by atoms with Gasteiger partial charge in [-0.25, -0.2) is 4.98 Å². The summed E-state index contributed by atoms with van der Waals surface area (Å²) in [5.74, 6) is -0.238. The molecule has 6 nitrogen and oxygen atoms in total. The number of aryl methyl sites for hydroxylation is 1. The van der Waals surface area contributed by atoms with Gasteiger partial charge in [-0.05, 0) is 49.8 Å². The highest BCUT2D eigenvalue weighted by Crippen LogP contribution is 2.25. The minimum absolute atomic E-state index is 0.238. The quantitative estimate of drug-likeness (QED) is 0.407. The number of hydrogen-bond donors (Lipinski definition) is 4. The molecule has 8 heteroatoms. The van der Waals surface area contributed by atoms with E-state index in [4.69, 9.17) is 12.2 Å². The van der Waals surface area contributed by atoms with Gasteiger partial charge in [-0.2, -0.15) is 0 Å². The van der Waals surface area contributed by atoms with Gasteiger partial charge in [-0.3, -0.25) is 15.6 Å². The number of hydrogen-bond acceptors (Lipinski definition) is 5. The first-order chi connectivity index (χ1) is 12.5. The summed E-state index contributed by atoms with van der Waals surface area (Å²) in [4.78, 5) is 16.7. The summed E-state index contributed by atoms with van der Waals surface area (Å²) < 4.78 is 1.07. The minimum Gasteiger partial charge on any atom is -0.350 e. The van der Waals surface area contributed by atoms with Crippen molar-refractivity contribution in [3.8, 4) is 0 Å². The molecule has 26 heavy (non-hydrogen) atoms. The van der Waals surface area contributed by atoms with Crippen LogP contribution >= 0.6 is 23.6 Å². The highest BCUT2D eigenvalue weighted by Gasteiger charge is 2.15. The first kappa shape index (κ1) is 18.1. The van der Waals surface area contributed by atoms with Crippen LogP contribution in [-0.4, -0.2) is 22.0 Å². The zero-order valence-corrected chi connectivity index (χ0v) is 16.0. The standard InChI is InChI=1S/C18H19N5OS2/c1-11-7-3-4-8-13(11)20-17(25)23-22-16(24)12(2)19-18-21-14-9-5-6-10-15(14)26-18/h3-10,12H,1-2H3,(H,19,21)(H,22,24)(H2,20,23,25)/t12-/m0/s1. The molecule has 0 saturated carbocycles. The van der Waals surface area contributed by atoms with Gasteiger partial charge in [0.05, 0.1) is 10.2 Å². The lowest BCUT2D eigenvalue weighted by atomic mass is 10.2. The third-order valence-corrected chi connectivity index (χ3v) is 4.89. The molecule has 1 aromatic heterocycles. The largest absolute Gasteiger partial charge is 0.350 e. The normalized spacial score (nSPS) is 11.6. The number of rotatable bonds is 4. The van der Waals surface area contributed by atoms with Gasteiger partial charge >= 0.3 is 0 Å². The van der Waals surface area contributed by atoms with E-state index in [2.05, 4.69) is 26.5 Å². The van der Waals surface area contributed by atoms with Gasteiger partial charge in [0.2, 0.25) is 0 Å². The summed E-state index contributed by atoms with van der Waals surface area (Å²) in [6.45, 7) is 3.74. The van der Waals surface area contributed by atoms with E-state index in [0.717, 1.165) is 21.5 Å². The topological polar surface area (TPSA) is 78.1 Å². The lowest BCUT2D eigenvalue weighted by Crippen LogP contribution is -2.49. The third kappa shape index (κ3) is 4.47. The number of fused-ring (bicyclic) bond motifs is 1. The van der Waals surface area contributed by atoms with Crippen LogP contribution in [0.1, 0.15) is 12.5 Å². The maximum Gasteiger partial charge on any atom is 0.260 e. The molecule has 0 radical (unpaired) electrons. The Morgan fingerprint density at radius 2 is 1.85 bits per heavy atom. The molecular weight excluding hydrogens is 366 g/mol. The Bertz CT molecular complexity index is 907. The fraction of sp³-hybridized carbons (Fsp3) is 0.167. The fourth-order valence-corrected chi connectivity index (χ4v) is 3.39. The number of carbonyl (C=O) groups is 1. The Balaban J connectivity index is 1.51. The number of amides is 1. The number of thiazole rings is 1. The number of hydrazine groups is 1. The molecule has 0 bridgehead atoms. The Morgan fingerprint density at radius 1 is 1.12 bits per heavy atom. The predicted molar refractivity (Wildman–Crippen MR) is 111 cm³/mol. The van der Waals surface area contributed by atoms with Crippen molar-refractivity contribution in [2.45, 2.75) is 19.9 Å². The number of thiocarbonyl (C=S) groups is 1. The van der Waals surface area contributed by atoms with Gasteiger partial charge in [0, 0.05) is 5.69 Å². The summed E-state index contributed by atoms with van der Waals surface area (Å²) in [6.07, 6.45) is 0. The molecule has 0 fully saturated rings. The lowest BCUT2D eigenvalue weighted by molar-refractivity contribution is -0.122. The maximum absolute atomic E-state index is 12.2. The van der Waals surface area contributed by atoms with Crippen molar-refractivity contribution >= 4 is 55.6 Å². The molecule has 0 unspecified atom stereocenters. The average molecular weight is 386 g/mol. The number of nitrogens with zero attached hydrogens (tertiary/aromatic N) is 1. The summed E-state index contributed by atoms with van der Waals surface area (Å²) >= 11 is 6.72. The van der Waals surface area contributed by atoms with E-state index in [1.807, 2.05) is 55.5 Å². The van der Waals surface area contributed by atoms with Crippen molar-refractivity contribution in [1.29, 1.82) is 0 Å². The van der Waals surface area contributed by atoms with Crippen LogP contribution < -0.4 is 21.5 Å². The van der Waals surface area contributed by atoms with Crippen molar-refractivity contribution in [3.05, 3.63) is 54.1 Å². The SMILES string of the molecule is Cc1ccccc1NC(=S)NNC(=O)[C@H](C)Nc1nc2ccccc2s1. The van der Waals surface area contributed by atoms with E-state index in [0.29, 0.717) is 10.2 Å². The number of benzene rings is 2. The van der Waals surface area contributed by atoms with Gasteiger partial charge in [0.25, 0.3) is 5.91 Å². The molecule has 0 saturated heterocycles. The van der Waals surface area contributed by atoms with Crippen LogP contribution in [0.25, 0.3) is 10.2 Å². The van der Waals surface area contributed by atoms with Crippen molar-refractivity contribution in [3.63, 3.8) is 0 Å². The number of para-hydroxylation sites is 2. The molecule has 1 heterocycles. The average Bonchev–Trinajstić information content (AvgIpc) is 3.03. The van der Waals surface area contributed by atoms with Crippen LogP contribution in [0.5, 0.6) is 0 Å². The molecule has 3 rings (SSSR count). The van der Waals surface area contributed by atoms with E-state index >= 15 is 0 Å². The van der Waals surface area contributed by atoms with Crippen LogP contribution in [0.2, 0.25) is 0 Å². The molecule has 2 aromatic carbocycles. The Labute approximate surface area is 161 Å². The van der Waals surface area contributed by atoms with Gasteiger partial charge in [-0.15, -0.1) is 0 Å². The molecule has 0 spiro atoms. The summed E-state index contributed by atoms with van der Waals surface area (Å²) in [6, 6.07) is 15.1. The number of nitrogens with one attached hydrogen (secondary N) is 4. The second-order valence-electron chi connectivity index (χ2n) is 5.74. The monoisotopic (exact) mass is 385 g/mol. The number of aromatic nitrogens is 1. The summed E-state index contributed by atoms with van der Waals surface area (Å²) in [7, 11) is 0.